The maximum absolute atomic E-state index is 9.98. The molecule has 3 heteroatoms. The zero-order valence-electron chi connectivity index (χ0n) is 11.0. The Kier molecular flexibility index (Phi) is 4.23. The third-order valence-corrected chi connectivity index (χ3v) is 4.72. The van der Waals surface area contributed by atoms with Gasteiger partial charge in [0.25, 0.3) is 0 Å². The van der Waals surface area contributed by atoms with Crippen molar-refractivity contribution in [3.8, 4) is 0 Å². The molecule has 0 radical (unpaired) electrons. The molecule has 1 aromatic rings. The molecular weight excluding hydrogens is 230 g/mol. The first-order valence-corrected chi connectivity index (χ1v) is 7.40. The molecule has 0 spiro atoms. The van der Waals surface area contributed by atoms with E-state index < -0.39 is 0 Å². The van der Waals surface area contributed by atoms with Crippen molar-refractivity contribution in [2.45, 2.75) is 64.6 Å². The van der Waals surface area contributed by atoms with Gasteiger partial charge >= 0.3 is 0 Å². The second-order valence-corrected chi connectivity index (χ2v) is 6.68. The summed E-state index contributed by atoms with van der Waals surface area (Å²) in [6.07, 6.45) is 4.30. The van der Waals surface area contributed by atoms with E-state index in [1.165, 1.54) is 28.2 Å². The first-order valence-electron chi connectivity index (χ1n) is 6.59. The maximum Gasteiger partial charge on any atom is 0.0693 e. The molecule has 0 saturated heterocycles. The fourth-order valence-corrected chi connectivity index (χ4v) is 3.82. The van der Waals surface area contributed by atoms with Crippen LogP contribution >= 0.6 is 11.3 Å². The molecule has 1 aliphatic carbocycles. The van der Waals surface area contributed by atoms with Gasteiger partial charge in [-0.25, -0.2) is 0 Å². The Labute approximate surface area is 108 Å². The van der Waals surface area contributed by atoms with E-state index in [1.807, 2.05) is 11.3 Å². The normalized spacial score (nSPS) is 27.1. The fraction of sp³-hybridized carbons (Fsp3) is 0.714. The Morgan fingerprint density at radius 3 is 2.65 bits per heavy atom. The number of nitrogens with one attached hydrogen (secondary N) is 1. The van der Waals surface area contributed by atoms with Gasteiger partial charge in [0.05, 0.1) is 6.10 Å². The van der Waals surface area contributed by atoms with Crippen LogP contribution in [-0.4, -0.2) is 17.3 Å². The number of rotatable bonds is 3. The van der Waals surface area contributed by atoms with Crippen molar-refractivity contribution in [3.63, 3.8) is 0 Å². The van der Waals surface area contributed by atoms with Gasteiger partial charge < -0.3 is 10.4 Å². The highest BCUT2D eigenvalue weighted by molar-refractivity contribution is 7.12. The third-order valence-electron chi connectivity index (χ3n) is 3.74. The van der Waals surface area contributed by atoms with Gasteiger partial charge in [-0.15, -0.1) is 11.3 Å². The number of thiophene rings is 1. The van der Waals surface area contributed by atoms with E-state index in [9.17, 15) is 5.11 Å². The molecule has 1 aromatic heterocycles. The lowest BCUT2D eigenvalue weighted by Crippen LogP contribution is -2.43. The number of aliphatic hydroxyl groups is 1. The molecule has 17 heavy (non-hydrogen) atoms. The Morgan fingerprint density at radius 2 is 2.06 bits per heavy atom. The van der Waals surface area contributed by atoms with Crippen LogP contribution in [0.3, 0.4) is 0 Å². The van der Waals surface area contributed by atoms with E-state index in [1.54, 1.807) is 0 Å². The molecule has 0 aliphatic heterocycles. The molecule has 2 N–H and O–H groups in total. The van der Waals surface area contributed by atoms with Crippen LogP contribution in [-0.2, 0) is 0 Å². The lowest BCUT2D eigenvalue weighted by molar-refractivity contribution is 0.0859. The summed E-state index contributed by atoms with van der Waals surface area (Å²) in [4.78, 5) is 2.77. The first-order chi connectivity index (χ1) is 8.08. The highest BCUT2D eigenvalue weighted by Gasteiger charge is 2.25. The minimum atomic E-state index is -0.161. The second-order valence-electron chi connectivity index (χ2n) is 5.22. The average Bonchev–Trinajstić information content (AvgIpc) is 2.61. The molecule has 0 aromatic carbocycles. The summed E-state index contributed by atoms with van der Waals surface area (Å²) in [5.41, 5.74) is 1.39. The van der Waals surface area contributed by atoms with Crippen molar-refractivity contribution < 1.29 is 5.11 Å². The Balaban J connectivity index is 2.00. The van der Waals surface area contributed by atoms with Gasteiger partial charge in [0, 0.05) is 21.8 Å². The lowest BCUT2D eigenvalue weighted by Gasteiger charge is -2.31. The standard InChI is InChI=1S/C14H23NOS/c1-9-8-12(11(3)17-9)10(2)15-13-6-4-5-7-14(13)16/h8,10,13-16H,4-7H2,1-3H3. The van der Waals surface area contributed by atoms with Crippen molar-refractivity contribution in [3.05, 3.63) is 21.4 Å². The second kappa shape index (κ2) is 5.51. The van der Waals surface area contributed by atoms with E-state index in [4.69, 9.17) is 0 Å². The molecule has 1 fully saturated rings. The van der Waals surface area contributed by atoms with E-state index in [-0.39, 0.29) is 12.1 Å². The van der Waals surface area contributed by atoms with Crippen LogP contribution in [0.1, 0.15) is 54.0 Å². The summed E-state index contributed by atoms with van der Waals surface area (Å²) < 4.78 is 0. The highest BCUT2D eigenvalue weighted by Crippen LogP contribution is 2.28. The van der Waals surface area contributed by atoms with Crippen LogP contribution in [0.25, 0.3) is 0 Å². The highest BCUT2D eigenvalue weighted by atomic mass is 32.1. The van der Waals surface area contributed by atoms with E-state index in [0.717, 1.165) is 12.8 Å². The number of aryl methyl sites for hydroxylation is 2. The monoisotopic (exact) mass is 253 g/mol. The van der Waals surface area contributed by atoms with Gasteiger partial charge in [0.1, 0.15) is 0 Å². The Morgan fingerprint density at radius 1 is 1.35 bits per heavy atom. The van der Waals surface area contributed by atoms with Gasteiger partial charge in [-0.2, -0.15) is 0 Å². The molecular formula is C14H23NOS. The van der Waals surface area contributed by atoms with Crippen LogP contribution in [0, 0.1) is 13.8 Å². The molecule has 0 amide bonds. The van der Waals surface area contributed by atoms with Crippen molar-refractivity contribution in [1.82, 2.24) is 5.32 Å². The average molecular weight is 253 g/mol. The molecule has 2 nitrogen and oxygen atoms in total. The van der Waals surface area contributed by atoms with Gasteiger partial charge in [-0.3, -0.25) is 0 Å². The first kappa shape index (κ1) is 13.1. The molecule has 96 valence electrons. The van der Waals surface area contributed by atoms with Crippen LogP contribution in [0.4, 0.5) is 0 Å². The summed E-state index contributed by atoms with van der Waals surface area (Å²) in [6, 6.07) is 2.89. The van der Waals surface area contributed by atoms with Crippen molar-refractivity contribution in [1.29, 1.82) is 0 Å². The molecule has 2 rings (SSSR count). The van der Waals surface area contributed by atoms with Crippen molar-refractivity contribution >= 4 is 11.3 Å². The summed E-state index contributed by atoms with van der Waals surface area (Å²) in [5, 5.41) is 13.6. The smallest absolute Gasteiger partial charge is 0.0693 e. The van der Waals surface area contributed by atoms with Crippen LogP contribution in [0.5, 0.6) is 0 Å². The van der Waals surface area contributed by atoms with Crippen molar-refractivity contribution in [2.75, 3.05) is 0 Å². The fourth-order valence-electron chi connectivity index (χ4n) is 2.80. The van der Waals surface area contributed by atoms with Crippen molar-refractivity contribution in [2.24, 2.45) is 0 Å². The van der Waals surface area contributed by atoms with Crippen LogP contribution < -0.4 is 5.32 Å². The minimum Gasteiger partial charge on any atom is -0.392 e. The quantitative estimate of drug-likeness (QED) is 0.866. The zero-order valence-corrected chi connectivity index (χ0v) is 11.8. The molecule has 1 heterocycles. The van der Waals surface area contributed by atoms with Gasteiger partial charge in [0.2, 0.25) is 0 Å². The Bertz CT molecular complexity index is 374. The summed E-state index contributed by atoms with van der Waals surface area (Å²) in [7, 11) is 0. The van der Waals surface area contributed by atoms with E-state index >= 15 is 0 Å². The molecule has 0 bridgehead atoms. The molecule has 1 saturated carbocycles. The van der Waals surface area contributed by atoms with Gasteiger partial charge in [0.15, 0.2) is 0 Å². The van der Waals surface area contributed by atoms with Gasteiger partial charge in [-0.1, -0.05) is 12.8 Å². The van der Waals surface area contributed by atoms with Crippen LogP contribution in [0.2, 0.25) is 0 Å². The number of hydrogen-bond acceptors (Lipinski definition) is 3. The Hall–Kier alpha value is -0.380. The maximum atomic E-state index is 9.98. The third kappa shape index (κ3) is 3.09. The predicted molar refractivity (Wildman–Crippen MR) is 73.6 cm³/mol. The minimum absolute atomic E-state index is 0.161. The molecule has 3 atom stereocenters. The molecule has 1 aliphatic rings. The summed E-state index contributed by atoms with van der Waals surface area (Å²) in [5.74, 6) is 0. The van der Waals surface area contributed by atoms with Crippen LogP contribution in [0.15, 0.2) is 6.07 Å². The summed E-state index contributed by atoms with van der Waals surface area (Å²) >= 11 is 1.86. The summed E-state index contributed by atoms with van der Waals surface area (Å²) in [6.45, 7) is 6.54. The lowest BCUT2D eigenvalue weighted by atomic mass is 9.91. The van der Waals surface area contributed by atoms with E-state index in [0.29, 0.717) is 6.04 Å². The predicted octanol–water partition coefficient (Wildman–Crippen LogP) is 3.32. The van der Waals surface area contributed by atoms with Gasteiger partial charge in [-0.05, 0) is 45.2 Å². The zero-order chi connectivity index (χ0) is 12.4. The topological polar surface area (TPSA) is 32.3 Å². The largest absolute Gasteiger partial charge is 0.392 e. The van der Waals surface area contributed by atoms with E-state index in [2.05, 4.69) is 32.2 Å². The number of hydrogen-bond donors (Lipinski definition) is 2. The molecule has 3 unspecified atom stereocenters. The SMILES string of the molecule is Cc1cc(C(C)NC2CCCCC2O)c(C)s1. The number of aliphatic hydroxyl groups excluding tert-OH is 1.